The predicted octanol–water partition coefficient (Wildman–Crippen LogP) is 2.12. The van der Waals surface area contributed by atoms with E-state index in [4.69, 9.17) is 5.26 Å². The first-order chi connectivity index (χ1) is 7.81. The Morgan fingerprint density at radius 1 is 1.31 bits per heavy atom. The minimum absolute atomic E-state index is 0.698. The molecule has 4 heteroatoms. The zero-order valence-electron chi connectivity index (χ0n) is 9.04. The van der Waals surface area contributed by atoms with Gasteiger partial charge >= 0.3 is 0 Å². The highest BCUT2D eigenvalue weighted by Gasteiger charge is 2.12. The normalized spacial score (nSPS) is 16.6. The second kappa shape index (κ2) is 5.33. The first-order valence-electron chi connectivity index (χ1n) is 5.46. The molecule has 0 bridgehead atoms. The molecule has 1 heterocycles. The third-order valence-corrected chi connectivity index (χ3v) is 3.39. The van der Waals surface area contributed by atoms with Crippen LogP contribution in [0.5, 0.6) is 0 Å². The van der Waals surface area contributed by atoms with Crippen LogP contribution in [-0.4, -0.2) is 26.2 Å². The van der Waals surface area contributed by atoms with Gasteiger partial charge in [-0.15, -0.1) is 0 Å². The number of benzene rings is 1. The van der Waals surface area contributed by atoms with Crippen LogP contribution in [0, 0.1) is 11.3 Å². The van der Waals surface area contributed by atoms with Gasteiger partial charge in [0.15, 0.2) is 0 Å². The van der Waals surface area contributed by atoms with Crippen LogP contribution in [0.4, 0.5) is 5.69 Å². The molecule has 1 N–H and O–H groups in total. The van der Waals surface area contributed by atoms with E-state index >= 15 is 0 Å². The third-order valence-electron chi connectivity index (χ3n) is 2.76. The van der Waals surface area contributed by atoms with Crippen LogP contribution in [0.25, 0.3) is 0 Å². The van der Waals surface area contributed by atoms with Crippen molar-refractivity contribution in [3.8, 4) is 6.07 Å². The molecule has 0 radical (unpaired) electrons. The number of nitrogens with one attached hydrogen (secondary N) is 1. The average Bonchev–Trinajstić information content (AvgIpc) is 2.57. The molecule has 0 aromatic heterocycles. The molecule has 1 aromatic rings. The molecule has 1 aliphatic heterocycles. The fourth-order valence-corrected chi connectivity index (χ4v) is 2.55. The summed E-state index contributed by atoms with van der Waals surface area (Å²) in [4.78, 5) is 2.35. The van der Waals surface area contributed by atoms with Gasteiger partial charge in [-0.05, 0) is 47.1 Å². The third kappa shape index (κ3) is 2.55. The highest BCUT2D eigenvalue weighted by molar-refractivity contribution is 9.10. The molecule has 1 fully saturated rings. The van der Waals surface area contributed by atoms with E-state index < -0.39 is 0 Å². The van der Waals surface area contributed by atoms with Crippen LogP contribution < -0.4 is 10.2 Å². The topological polar surface area (TPSA) is 39.1 Å². The molecule has 0 amide bonds. The number of hydrogen-bond acceptors (Lipinski definition) is 3. The summed E-state index contributed by atoms with van der Waals surface area (Å²) in [6.07, 6.45) is 1.16. The monoisotopic (exact) mass is 279 g/mol. The minimum Gasteiger partial charge on any atom is -0.369 e. The lowest BCUT2D eigenvalue weighted by Gasteiger charge is -2.23. The summed E-state index contributed by atoms with van der Waals surface area (Å²) in [5.41, 5.74) is 1.88. The zero-order chi connectivity index (χ0) is 11.4. The molecule has 1 aromatic carbocycles. The van der Waals surface area contributed by atoms with Crippen LogP contribution >= 0.6 is 15.9 Å². The van der Waals surface area contributed by atoms with Crippen LogP contribution in [-0.2, 0) is 0 Å². The van der Waals surface area contributed by atoms with Crippen LogP contribution in [0.2, 0.25) is 0 Å². The van der Waals surface area contributed by atoms with Crippen molar-refractivity contribution >= 4 is 21.6 Å². The molecule has 0 aliphatic carbocycles. The standard InChI is InChI=1S/C12H14BrN3/c13-11-8-10(9-14)2-3-12(11)16-6-1-4-15-5-7-16/h2-3,8,15H,1,4-7H2. The molecule has 0 atom stereocenters. The van der Waals surface area contributed by atoms with Crippen molar-refractivity contribution in [2.75, 3.05) is 31.1 Å². The van der Waals surface area contributed by atoms with Crippen molar-refractivity contribution in [2.45, 2.75) is 6.42 Å². The fourth-order valence-electron chi connectivity index (χ4n) is 1.92. The van der Waals surface area contributed by atoms with Crippen LogP contribution in [0.3, 0.4) is 0 Å². The summed E-state index contributed by atoms with van der Waals surface area (Å²) in [6.45, 7) is 4.19. The van der Waals surface area contributed by atoms with E-state index in [9.17, 15) is 0 Å². The molecule has 0 saturated carbocycles. The molecule has 0 spiro atoms. The van der Waals surface area contributed by atoms with Gasteiger partial charge in [-0.1, -0.05) is 0 Å². The maximum atomic E-state index is 8.81. The number of nitriles is 1. The fraction of sp³-hybridized carbons (Fsp3) is 0.417. The summed E-state index contributed by atoms with van der Waals surface area (Å²) in [7, 11) is 0. The lowest BCUT2D eigenvalue weighted by Crippen LogP contribution is -2.28. The number of halogens is 1. The van der Waals surface area contributed by atoms with Crippen LogP contribution in [0.15, 0.2) is 22.7 Å². The summed E-state index contributed by atoms with van der Waals surface area (Å²) >= 11 is 3.54. The molecule has 3 nitrogen and oxygen atoms in total. The Balaban J connectivity index is 2.22. The molecular weight excluding hydrogens is 266 g/mol. The molecular formula is C12H14BrN3. The first kappa shape index (κ1) is 11.4. The Morgan fingerprint density at radius 2 is 2.19 bits per heavy atom. The zero-order valence-corrected chi connectivity index (χ0v) is 10.6. The Bertz CT molecular complexity index is 403. The summed E-state index contributed by atoms with van der Waals surface area (Å²) in [6, 6.07) is 7.93. The Labute approximate surface area is 104 Å². The predicted molar refractivity (Wildman–Crippen MR) is 68.6 cm³/mol. The summed E-state index contributed by atoms with van der Waals surface area (Å²) in [5, 5.41) is 12.2. The van der Waals surface area contributed by atoms with Crippen LogP contribution in [0.1, 0.15) is 12.0 Å². The van der Waals surface area contributed by atoms with Gasteiger partial charge in [0.1, 0.15) is 0 Å². The number of rotatable bonds is 1. The van der Waals surface area contributed by atoms with Gasteiger partial charge in [0.2, 0.25) is 0 Å². The van der Waals surface area contributed by atoms with Crippen molar-refractivity contribution in [1.82, 2.24) is 5.32 Å². The van der Waals surface area contributed by atoms with Gasteiger partial charge in [-0.2, -0.15) is 5.26 Å². The van der Waals surface area contributed by atoms with Gasteiger partial charge in [0.25, 0.3) is 0 Å². The van der Waals surface area contributed by atoms with Crippen molar-refractivity contribution in [3.63, 3.8) is 0 Å². The lowest BCUT2D eigenvalue weighted by molar-refractivity contribution is 0.724. The molecule has 84 valence electrons. The van der Waals surface area contributed by atoms with Gasteiger partial charge in [-0.3, -0.25) is 0 Å². The van der Waals surface area contributed by atoms with Gasteiger partial charge < -0.3 is 10.2 Å². The Hall–Kier alpha value is -1.05. The quantitative estimate of drug-likeness (QED) is 0.856. The number of hydrogen-bond donors (Lipinski definition) is 1. The van der Waals surface area contributed by atoms with E-state index in [1.807, 2.05) is 18.2 Å². The molecule has 1 aliphatic rings. The lowest BCUT2D eigenvalue weighted by atomic mass is 10.2. The number of nitrogens with zero attached hydrogens (tertiary/aromatic N) is 2. The van der Waals surface area contributed by atoms with Crippen molar-refractivity contribution in [3.05, 3.63) is 28.2 Å². The SMILES string of the molecule is N#Cc1ccc(N2CCCNCC2)c(Br)c1. The largest absolute Gasteiger partial charge is 0.369 e. The second-order valence-electron chi connectivity index (χ2n) is 3.87. The molecule has 16 heavy (non-hydrogen) atoms. The van der Waals surface area contributed by atoms with Crippen molar-refractivity contribution in [1.29, 1.82) is 5.26 Å². The molecule has 1 saturated heterocycles. The minimum atomic E-state index is 0.698. The highest BCUT2D eigenvalue weighted by atomic mass is 79.9. The summed E-state index contributed by atoms with van der Waals surface area (Å²) < 4.78 is 1.01. The van der Waals surface area contributed by atoms with E-state index in [1.54, 1.807) is 0 Å². The Kier molecular flexibility index (Phi) is 3.81. The molecule has 2 rings (SSSR count). The van der Waals surface area contributed by atoms with Gasteiger partial charge in [0.05, 0.1) is 17.3 Å². The van der Waals surface area contributed by atoms with E-state index in [0.717, 1.165) is 37.1 Å². The first-order valence-corrected chi connectivity index (χ1v) is 6.26. The van der Waals surface area contributed by atoms with Crippen molar-refractivity contribution < 1.29 is 0 Å². The molecule has 0 unspecified atom stereocenters. The highest BCUT2D eigenvalue weighted by Crippen LogP contribution is 2.27. The van der Waals surface area contributed by atoms with Gasteiger partial charge in [0, 0.05) is 24.1 Å². The Morgan fingerprint density at radius 3 is 2.94 bits per heavy atom. The van der Waals surface area contributed by atoms with Gasteiger partial charge in [-0.25, -0.2) is 0 Å². The van der Waals surface area contributed by atoms with E-state index in [1.165, 1.54) is 5.69 Å². The average molecular weight is 280 g/mol. The second-order valence-corrected chi connectivity index (χ2v) is 4.72. The van der Waals surface area contributed by atoms with E-state index in [-0.39, 0.29) is 0 Å². The maximum absolute atomic E-state index is 8.81. The summed E-state index contributed by atoms with van der Waals surface area (Å²) in [5.74, 6) is 0. The van der Waals surface area contributed by atoms with Crippen molar-refractivity contribution in [2.24, 2.45) is 0 Å². The van der Waals surface area contributed by atoms with E-state index in [0.29, 0.717) is 5.56 Å². The van der Waals surface area contributed by atoms with E-state index in [2.05, 4.69) is 32.2 Å². The maximum Gasteiger partial charge on any atom is 0.0992 e. The smallest absolute Gasteiger partial charge is 0.0992 e. The number of anilines is 1.